The van der Waals surface area contributed by atoms with Gasteiger partial charge >= 0.3 is 0 Å². The first-order valence-electron chi connectivity index (χ1n) is 7.59. The molecule has 1 saturated carbocycles. The molecule has 3 nitrogen and oxygen atoms in total. The zero-order chi connectivity index (χ0) is 15.4. The molecule has 0 heterocycles. The Hall–Kier alpha value is -1.35. The summed E-state index contributed by atoms with van der Waals surface area (Å²) in [5.41, 5.74) is 4.41. The number of hydrazone groups is 1. The van der Waals surface area contributed by atoms with Crippen LogP contribution in [0.1, 0.15) is 50.4 Å². The van der Waals surface area contributed by atoms with E-state index in [1.54, 1.807) is 24.3 Å². The van der Waals surface area contributed by atoms with Crippen molar-refractivity contribution < 1.29 is 4.79 Å². The molecule has 21 heavy (non-hydrogen) atoms. The van der Waals surface area contributed by atoms with Crippen molar-refractivity contribution in [3.05, 3.63) is 34.9 Å². The molecule has 1 aliphatic rings. The van der Waals surface area contributed by atoms with Crippen molar-refractivity contribution in [3.63, 3.8) is 0 Å². The predicted molar refractivity (Wildman–Crippen MR) is 87.7 cm³/mol. The molecule has 1 N–H and O–H groups in total. The largest absolute Gasteiger partial charge is 0.271 e. The molecule has 0 spiro atoms. The Morgan fingerprint density at radius 2 is 1.95 bits per heavy atom. The normalized spacial score (nSPS) is 24.3. The summed E-state index contributed by atoms with van der Waals surface area (Å²) < 4.78 is 0. The lowest BCUT2D eigenvalue weighted by atomic mass is 9.76. The quantitative estimate of drug-likeness (QED) is 0.820. The van der Waals surface area contributed by atoms with Crippen molar-refractivity contribution in [3.8, 4) is 0 Å². The van der Waals surface area contributed by atoms with Gasteiger partial charge in [0.15, 0.2) is 0 Å². The van der Waals surface area contributed by atoms with E-state index < -0.39 is 0 Å². The van der Waals surface area contributed by atoms with E-state index in [1.165, 1.54) is 6.42 Å². The van der Waals surface area contributed by atoms with Gasteiger partial charge in [0.05, 0.1) is 0 Å². The molecule has 1 aromatic carbocycles. The number of hydrogen-bond donors (Lipinski definition) is 1. The standard InChI is InChI=1S/C17H23ClN2O/c1-11(2)15-9-4-12(3)10-16(15)19-20-17(21)13-5-7-14(18)8-6-13/h5-8,11-12,15H,4,9-10H2,1-3H3,(H,20,21)/b19-16-/t12-,15+/m1/s1. The minimum absolute atomic E-state index is 0.181. The van der Waals surface area contributed by atoms with E-state index >= 15 is 0 Å². The fraction of sp³-hybridized carbons (Fsp3) is 0.529. The molecule has 0 unspecified atom stereocenters. The summed E-state index contributed by atoms with van der Waals surface area (Å²) in [4.78, 5) is 12.1. The maximum absolute atomic E-state index is 12.1. The molecule has 1 amide bonds. The van der Waals surface area contributed by atoms with Gasteiger partial charge < -0.3 is 0 Å². The number of rotatable bonds is 3. The van der Waals surface area contributed by atoms with Gasteiger partial charge in [0.1, 0.15) is 0 Å². The topological polar surface area (TPSA) is 41.5 Å². The average Bonchev–Trinajstić information content (AvgIpc) is 2.45. The molecule has 0 saturated heterocycles. The lowest BCUT2D eigenvalue weighted by Gasteiger charge is -2.30. The Kier molecular flexibility index (Phi) is 5.40. The second-order valence-electron chi connectivity index (χ2n) is 6.29. The number of nitrogens with one attached hydrogen (secondary N) is 1. The first-order valence-corrected chi connectivity index (χ1v) is 7.97. The highest BCUT2D eigenvalue weighted by atomic mass is 35.5. The fourth-order valence-corrected chi connectivity index (χ4v) is 3.00. The summed E-state index contributed by atoms with van der Waals surface area (Å²) in [6, 6.07) is 6.84. The number of benzene rings is 1. The zero-order valence-corrected chi connectivity index (χ0v) is 13.7. The third-order valence-electron chi connectivity index (χ3n) is 4.17. The van der Waals surface area contributed by atoms with Crippen LogP contribution < -0.4 is 5.43 Å². The van der Waals surface area contributed by atoms with Gasteiger partial charge in [0.2, 0.25) is 0 Å². The molecule has 2 atom stereocenters. The molecule has 0 bridgehead atoms. The fourth-order valence-electron chi connectivity index (χ4n) is 2.88. The highest BCUT2D eigenvalue weighted by molar-refractivity contribution is 6.30. The average molecular weight is 307 g/mol. The van der Waals surface area contributed by atoms with Crippen molar-refractivity contribution in [2.24, 2.45) is 22.9 Å². The number of carbonyl (C=O) groups excluding carboxylic acids is 1. The first kappa shape index (κ1) is 16.0. The Bertz CT molecular complexity index is 522. The van der Waals surface area contributed by atoms with Crippen molar-refractivity contribution in [2.45, 2.75) is 40.0 Å². The molecule has 0 radical (unpaired) electrons. The molecule has 1 aromatic rings. The van der Waals surface area contributed by atoms with Gasteiger partial charge in [-0.1, -0.05) is 32.4 Å². The van der Waals surface area contributed by atoms with Crippen LogP contribution in [0.4, 0.5) is 0 Å². The van der Waals surface area contributed by atoms with Gasteiger partial charge in [-0.2, -0.15) is 5.10 Å². The number of amides is 1. The summed E-state index contributed by atoms with van der Waals surface area (Å²) >= 11 is 5.83. The van der Waals surface area contributed by atoms with E-state index in [9.17, 15) is 4.79 Å². The van der Waals surface area contributed by atoms with Crippen LogP contribution in [0, 0.1) is 17.8 Å². The van der Waals surface area contributed by atoms with E-state index in [0.29, 0.717) is 28.3 Å². The molecule has 114 valence electrons. The van der Waals surface area contributed by atoms with Crippen LogP contribution in [0.3, 0.4) is 0 Å². The molecular formula is C17H23ClN2O. The molecule has 0 aromatic heterocycles. The van der Waals surface area contributed by atoms with Gasteiger partial charge in [-0.3, -0.25) is 4.79 Å². The van der Waals surface area contributed by atoms with E-state index in [1.807, 2.05) is 0 Å². The summed E-state index contributed by atoms with van der Waals surface area (Å²) in [6.07, 6.45) is 3.38. The second-order valence-corrected chi connectivity index (χ2v) is 6.72. The first-order chi connectivity index (χ1) is 9.97. The number of carbonyl (C=O) groups is 1. The van der Waals surface area contributed by atoms with E-state index in [4.69, 9.17) is 11.6 Å². The van der Waals surface area contributed by atoms with E-state index in [2.05, 4.69) is 31.3 Å². The number of hydrogen-bond acceptors (Lipinski definition) is 2. The summed E-state index contributed by atoms with van der Waals surface area (Å²) in [6.45, 7) is 6.68. The van der Waals surface area contributed by atoms with Crippen LogP contribution in [0.5, 0.6) is 0 Å². The van der Waals surface area contributed by atoms with Crippen LogP contribution in [0.2, 0.25) is 5.02 Å². The summed E-state index contributed by atoms with van der Waals surface area (Å²) in [5.74, 6) is 1.50. The Labute approximate surface area is 131 Å². The molecule has 1 fully saturated rings. The van der Waals surface area contributed by atoms with Gasteiger partial charge in [-0.25, -0.2) is 5.43 Å². The molecule has 0 aliphatic heterocycles. The van der Waals surface area contributed by atoms with Crippen LogP contribution in [0.25, 0.3) is 0 Å². The van der Waals surface area contributed by atoms with Crippen molar-refractivity contribution in [1.29, 1.82) is 0 Å². The lowest BCUT2D eigenvalue weighted by Crippen LogP contribution is -2.31. The maximum Gasteiger partial charge on any atom is 0.271 e. The monoisotopic (exact) mass is 306 g/mol. The van der Waals surface area contributed by atoms with E-state index in [0.717, 1.165) is 18.6 Å². The Balaban J connectivity index is 2.06. The number of nitrogens with zero attached hydrogens (tertiary/aromatic N) is 1. The van der Waals surface area contributed by atoms with Gasteiger partial charge in [0, 0.05) is 22.2 Å². The predicted octanol–water partition coefficient (Wildman–Crippen LogP) is 4.52. The van der Waals surface area contributed by atoms with E-state index in [-0.39, 0.29) is 5.91 Å². The summed E-state index contributed by atoms with van der Waals surface area (Å²) in [5, 5.41) is 5.04. The van der Waals surface area contributed by atoms with Crippen LogP contribution in [0.15, 0.2) is 29.4 Å². The smallest absolute Gasteiger partial charge is 0.267 e. The third-order valence-corrected chi connectivity index (χ3v) is 4.42. The van der Waals surface area contributed by atoms with Crippen LogP contribution >= 0.6 is 11.6 Å². The SMILES string of the molecule is CC(C)[C@@H]1CC[C@@H](C)C/C1=N/NC(=O)c1ccc(Cl)cc1. The summed E-state index contributed by atoms with van der Waals surface area (Å²) in [7, 11) is 0. The minimum atomic E-state index is -0.181. The second kappa shape index (κ2) is 7.08. The minimum Gasteiger partial charge on any atom is -0.267 e. The van der Waals surface area contributed by atoms with Crippen molar-refractivity contribution in [2.75, 3.05) is 0 Å². The third kappa shape index (κ3) is 4.31. The van der Waals surface area contributed by atoms with Crippen LogP contribution in [-0.4, -0.2) is 11.6 Å². The van der Waals surface area contributed by atoms with Crippen molar-refractivity contribution in [1.82, 2.24) is 5.43 Å². The Morgan fingerprint density at radius 1 is 1.29 bits per heavy atom. The highest BCUT2D eigenvalue weighted by Gasteiger charge is 2.27. The highest BCUT2D eigenvalue weighted by Crippen LogP contribution is 2.31. The zero-order valence-electron chi connectivity index (χ0n) is 12.9. The maximum atomic E-state index is 12.1. The van der Waals surface area contributed by atoms with Gasteiger partial charge in [-0.15, -0.1) is 0 Å². The lowest BCUT2D eigenvalue weighted by molar-refractivity contribution is 0.0954. The van der Waals surface area contributed by atoms with Crippen molar-refractivity contribution >= 4 is 23.2 Å². The molecular weight excluding hydrogens is 284 g/mol. The molecule has 4 heteroatoms. The van der Waals surface area contributed by atoms with Crippen LogP contribution in [-0.2, 0) is 0 Å². The molecule has 1 aliphatic carbocycles. The van der Waals surface area contributed by atoms with Gasteiger partial charge in [0.25, 0.3) is 5.91 Å². The van der Waals surface area contributed by atoms with Gasteiger partial charge in [-0.05, 0) is 55.4 Å². The molecule has 2 rings (SSSR count). The number of halogens is 1. The Morgan fingerprint density at radius 3 is 2.57 bits per heavy atom.